The van der Waals surface area contributed by atoms with Crippen molar-refractivity contribution in [2.45, 2.75) is 51.6 Å². The molecule has 0 aromatic carbocycles. The van der Waals surface area contributed by atoms with Crippen LogP contribution in [0.5, 0.6) is 0 Å². The van der Waals surface area contributed by atoms with E-state index in [0.29, 0.717) is 0 Å². The quantitative estimate of drug-likeness (QED) is 0.717. The number of piperidine rings is 1. The highest BCUT2D eigenvalue weighted by Crippen LogP contribution is 2.09. The minimum Gasteiger partial charge on any atom is -0.313 e. The van der Waals surface area contributed by atoms with Crippen molar-refractivity contribution in [3.05, 3.63) is 0 Å². The maximum Gasteiger partial charge on any atom is 0.0195 e. The van der Waals surface area contributed by atoms with Crippen molar-refractivity contribution < 1.29 is 0 Å². The number of rotatable bonds is 4. The molecule has 1 fully saturated rings. The summed E-state index contributed by atoms with van der Waals surface area (Å²) in [6, 6.07) is 1.47. The van der Waals surface area contributed by atoms with Gasteiger partial charge in [-0.3, -0.25) is 0 Å². The molecule has 0 aromatic heterocycles. The van der Waals surface area contributed by atoms with Crippen molar-refractivity contribution in [2.24, 2.45) is 0 Å². The average molecular weight is 184 g/mol. The third-order valence-corrected chi connectivity index (χ3v) is 3.26. The molecule has 2 atom stereocenters. The number of nitrogens with one attached hydrogen (secondary N) is 1. The molecule has 1 saturated heterocycles. The Balaban J connectivity index is 2.21. The van der Waals surface area contributed by atoms with Crippen molar-refractivity contribution in [1.82, 2.24) is 10.2 Å². The van der Waals surface area contributed by atoms with Crippen molar-refractivity contribution in [2.75, 3.05) is 20.1 Å². The van der Waals surface area contributed by atoms with Crippen LogP contribution in [0.4, 0.5) is 0 Å². The Morgan fingerprint density at radius 2 is 2.23 bits per heavy atom. The molecule has 0 radical (unpaired) electrons. The monoisotopic (exact) mass is 184 g/mol. The lowest BCUT2D eigenvalue weighted by molar-refractivity contribution is 0.209. The van der Waals surface area contributed by atoms with E-state index < -0.39 is 0 Å². The van der Waals surface area contributed by atoms with Crippen LogP contribution in [0.1, 0.15) is 39.5 Å². The largest absolute Gasteiger partial charge is 0.313 e. The van der Waals surface area contributed by atoms with Crippen LogP contribution in [-0.4, -0.2) is 37.1 Å². The van der Waals surface area contributed by atoms with Crippen molar-refractivity contribution in [3.63, 3.8) is 0 Å². The molecule has 1 heterocycles. The standard InChI is InChI=1S/C11H24N2/c1-4-10(2)13(3)9-11-7-5-6-8-12-11/h10-12H,4-9H2,1-3H3. The summed E-state index contributed by atoms with van der Waals surface area (Å²) in [5, 5.41) is 3.59. The summed E-state index contributed by atoms with van der Waals surface area (Å²) < 4.78 is 0. The van der Waals surface area contributed by atoms with Crippen LogP contribution in [0.2, 0.25) is 0 Å². The van der Waals surface area contributed by atoms with E-state index in [4.69, 9.17) is 0 Å². The highest BCUT2D eigenvalue weighted by molar-refractivity contribution is 4.76. The second-order valence-corrected chi connectivity index (χ2v) is 4.34. The first kappa shape index (κ1) is 11.0. The third kappa shape index (κ3) is 3.65. The molecule has 13 heavy (non-hydrogen) atoms. The van der Waals surface area contributed by atoms with E-state index >= 15 is 0 Å². The lowest BCUT2D eigenvalue weighted by atomic mass is 10.0. The smallest absolute Gasteiger partial charge is 0.0195 e. The predicted molar refractivity (Wildman–Crippen MR) is 58.0 cm³/mol. The Hall–Kier alpha value is -0.0800. The lowest BCUT2D eigenvalue weighted by Crippen LogP contribution is -2.44. The fraction of sp³-hybridized carbons (Fsp3) is 1.00. The van der Waals surface area contributed by atoms with Crippen LogP contribution in [0, 0.1) is 0 Å². The molecule has 78 valence electrons. The molecular formula is C11H24N2. The zero-order valence-corrected chi connectivity index (χ0v) is 9.34. The van der Waals surface area contributed by atoms with Gasteiger partial charge in [-0.1, -0.05) is 13.3 Å². The van der Waals surface area contributed by atoms with Gasteiger partial charge in [-0.05, 0) is 39.8 Å². The number of likely N-dealkylation sites (N-methyl/N-ethyl adjacent to an activating group) is 1. The Kier molecular flexibility index (Phi) is 4.74. The maximum absolute atomic E-state index is 3.59. The van der Waals surface area contributed by atoms with E-state index in [0.717, 1.165) is 12.1 Å². The van der Waals surface area contributed by atoms with Gasteiger partial charge in [-0.15, -0.1) is 0 Å². The average Bonchev–Trinajstić information content (AvgIpc) is 2.18. The van der Waals surface area contributed by atoms with Crippen LogP contribution in [0.15, 0.2) is 0 Å². The Bertz CT molecular complexity index is 130. The van der Waals surface area contributed by atoms with Gasteiger partial charge < -0.3 is 10.2 Å². The second kappa shape index (κ2) is 5.61. The van der Waals surface area contributed by atoms with Gasteiger partial charge in [0.15, 0.2) is 0 Å². The first-order valence-corrected chi connectivity index (χ1v) is 5.67. The van der Waals surface area contributed by atoms with Crippen LogP contribution in [0.25, 0.3) is 0 Å². The van der Waals surface area contributed by atoms with Crippen molar-refractivity contribution >= 4 is 0 Å². The fourth-order valence-corrected chi connectivity index (χ4v) is 1.92. The zero-order chi connectivity index (χ0) is 9.68. The highest BCUT2D eigenvalue weighted by atomic mass is 15.1. The molecule has 1 aliphatic rings. The SMILES string of the molecule is CCC(C)N(C)CC1CCCCN1. The van der Waals surface area contributed by atoms with Crippen molar-refractivity contribution in [1.29, 1.82) is 0 Å². The van der Waals surface area contributed by atoms with Gasteiger partial charge in [0.05, 0.1) is 0 Å². The summed E-state index contributed by atoms with van der Waals surface area (Å²) >= 11 is 0. The normalized spacial score (nSPS) is 26.3. The van der Waals surface area contributed by atoms with E-state index in [1.54, 1.807) is 0 Å². The van der Waals surface area contributed by atoms with Crippen LogP contribution in [0.3, 0.4) is 0 Å². The minimum atomic E-state index is 0.726. The molecular weight excluding hydrogens is 160 g/mol. The molecule has 0 aromatic rings. The molecule has 1 aliphatic heterocycles. The van der Waals surface area contributed by atoms with E-state index in [1.165, 1.54) is 38.8 Å². The van der Waals surface area contributed by atoms with E-state index in [9.17, 15) is 0 Å². The maximum atomic E-state index is 3.59. The summed E-state index contributed by atoms with van der Waals surface area (Å²) in [6.45, 7) is 7.01. The van der Waals surface area contributed by atoms with Gasteiger partial charge in [-0.2, -0.15) is 0 Å². The summed E-state index contributed by atoms with van der Waals surface area (Å²) in [4.78, 5) is 2.48. The van der Waals surface area contributed by atoms with Gasteiger partial charge in [0, 0.05) is 18.6 Å². The van der Waals surface area contributed by atoms with Crippen molar-refractivity contribution in [3.8, 4) is 0 Å². The molecule has 0 bridgehead atoms. The van der Waals surface area contributed by atoms with Gasteiger partial charge in [0.25, 0.3) is 0 Å². The third-order valence-electron chi connectivity index (χ3n) is 3.26. The van der Waals surface area contributed by atoms with E-state index in [1.807, 2.05) is 0 Å². The first-order valence-electron chi connectivity index (χ1n) is 5.67. The van der Waals surface area contributed by atoms with Gasteiger partial charge >= 0.3 is 0 Å². The molecule has 2 unspecified atom stereocenters. The minimum absolute atomic E-state index is 0.726. The summed E-state index contributed by atoms with van der Waals surface area (Å²) in [7, 11) is 2.24. The van der Waals surface area contributed by atoms with Gasteiger partial charge in [0.2, 0.25) is 0 Å². The summed E-state index contributed by atoms with van der Waals surface area (Å²) in [6.07, 6.45) is 5.39. The van der Waals surface area contributed by atoms with Gasteiger partial charge in [-0.25, -0.2) is 0 Å². The number of nitrogens with zero attached hydrogens (tertiary/aromatic N) is 1. The summed E-state index contributed by atoms with van der Waals surface area (Å²) in [5.74, 6) is 0. The topological polar surface area (TPSA) is 15.3 Å². The van der Waals surface area contributed by atoms with E-state index in [2.05, 4.69) is 31.1 Å². The van der Waals surface area contributed by atoms with Gasteiger partial charge in [0.1, 0.15) is 0 Å². The molecule has 1 N–H and O–H groups in total. The number of hydrogen-bond acceptors (Lipinski definition) is 2. The van der Waals surface area contributed by atoms with E-state index in [-0.39, 0.29) is 0 Å². The molecule has 0 aliphatic carbocycles. The molecule has 1 rings (SSSR count). The number of hydrogen-bond donors (Lipinski definition) is 1. The lowest BCUT2D eigenvalue weighted by Gasteiger charge is -2.31. The zero-order valence-electron chi connectivity index (χ0n) is 9.34. The molecule has 0 saturated carbocycles. The predicted octanol–water partition coefficient (Wildman–Crippen LogP) is 1.86. The van der Waals surface area contributed by atoms with Crippen LogP contribution >= 0.6 is 0 Å². The fourth-order valence-electron chi connectivity index (χ4n) is 1.92. The Labute approximate surface area is 82.7 Å². The second-order valence-electron chi connectivity index (χ2n) is 4.34. The molecule has 2 heteroatoms. The first-order chi connectivity index (χ1) is 6.24. The molecule has 0 amide bonds. The summed E-state index contributed by atoms with van der Waals surface area (Å²) in [5.41, 5.74) is 0. The molecule has 2 nitrogen and oxygen atoms in total. The van der Waals surface area contributed by atoms with Crippen LogP contribution < -0.4 is 5.32 Å². The van der Waals surface area contributed by atoms with Crippen LogP contribution in [-0.2, 0) is 0 Å². The molecule has 0 spiro atoms. The highest BCUT2D eigenvalue weighted by Gasteiger charge is 2.16. The Morgan fingerprint density at radius 3 is 2.77 bits per heavy atom. The Morgan fingerprint density at radius 1 is 1.46 bits per heavy atom.